The Kier molecular flexibility index (Phi) is 11.1. The minimum Gasteiger partial charge on any atom is -0.357 e. The van der Waals surface area contributed by atoms with E-state index in [1.807, 2.05) is 24.0 Å². The lowest BCUT2D eigenvalue weighted by molar-refractivity contribution is 0.0660. The zero-order valence-corrected chi connectivity index (χ0v) is 17.1. The summed E-state index contributed by atoms with van der Waals surface area (Å²) >= 11 is 0. The van der Waals surface area contributed by atoms with Crippen molar-refractivity contribution in [1.82, 2.24) is 9.88 Å². The first-order valence-corrected chi connectivity index (χ1v) is 8.82. The number of amides is 1. The molecule has 144 valence electrons. The number of rotatable bonds is 6. The molecule has 1 fully saturated rings. The Morgan fingerprint density at radius 1 is 1.40 bits per heavy atom. The van der Waals surface area contributed by atoms with Crippen molar-refractivity contribution >= 4 is 36.5 Å². The summed E-state index contributed by atoms with van der Waals surface area (Å²) in [6.45, 7) is 9.80. The maximum Gasteiger partial charge on any atom is 0.255 e. The smallest absolute Gasteiger partial charge is 0.255 e. The first kappa shape index (κ1) is 24.0. The van der Waals surface area contributed by atoms with Gasteiger partial charge in [-0.2, -0.15) is 0 Å². The Morgan fingerprint density at radius 2 is 2.12 bits per heavy atom. The highest BCUT2D eigenvalue weighted by Gasteiger charge is 2.26. The molecule has 1 aliphatic heterocycles. The molecule has 0 aromatic carbocycles. The number of likely N-dealkylation sites (tertiary alicyclic amines) is 1. The Hall–Kier alpha value is -1.04. The standard InChI is InChI=1S/C18H30N4O.2ClH/c1-4-10-21(5-2)17-9-8-15(12-20-17)18(23)22-11-6-7-16(13-22)14(3)19;;/h8-9,12,14,16H,4-7,10-11,13,19H2,1-3H3;2*1H. The average molecular weight is 391 g/mol. The molecule has 2 atom stereocenters. The molecular formula is C18H32Cl2N4O. The average Bonchev–Trinajstić information content (AvgIpc) is 2.59. The third kappa shape index (κ3) is 6.32. The maximum absolute atomic E-state index is 12.7. The van der Waals surface area contributed by atoms with Crippen LogP contribution < -0.4 is 10.6 Å². The lowest BCUT2D eigenvalue weighted by atomic mass is 9.92. The molecule has 0 bridgehead atoms. The van der Waals surface area contributed by atoms with E-state index in [4.69, 9.17) is 5.73 Å². The third-order valence-corrected chi connectivity index (χ3v) is 4.68. The van der Waals surface area contributed by atoms with Crippen molar-refractivity contribution in [3.63, 3.8) is 0 Å². The van der Waals surface area contributed by atoms with E-state index in [9.17, 15) is 4.79 Å². The summed E-state index contributed by atoms with van der Waals surface area (Å²) in [6.07, 6.45) is 4.94. The van der Waals surface area contributed by atoms with Gasteiger partial charge in [-0.1, -0.05) is 6.92 Å². The van der Waals surface area contributed by atoms with Gasteiger partial charge in [-0.25, -0.2) is 4.98 Å². The summed E-state index contributed by atoms with van der Waals surface area (Å²) in [6, 6.07) is 4.00. The first-order chi connectivity index (χ1) is 11.1. The van der Waals surface area contributed by atoms with Gasteiger partial charge in [0.15, 0.2) is 0 Å². The van der Waals surface area contributed by atoms with Gasteiger partial charge in [0.05, 0.1) is 5.56 Å². The molecule has 1 aromatic heterocycles. The molecule has 0 aliphatic carbocycles. The quantitative estimate of drug-likeness (QED) is 0.808. The number of nitrogens with zero attached hydrogens (tertiary/aromatic N) is 3. The van der Waals surface area contributed by atoms with Gasteiger partial charge < -0.3 is 15.5 Å². The van der Waals surface area contributed by atoms with Crippen molar-refractivity contribution in [1.29, 1.82) is 0 Å². The van der Waals surface area contributed by atoms with Crippen LogP contribution in [-0.4, -0.2) is 48.0 Å². The molecule has 0 spiro atoms. The van der Waals surface area contributed by atoms with E-state index >= 15 is 0 Å². The van der Waals surface area contributed by atoms with Crippen LogP contribution in [-0.2, 0) is 0 Å². The zero-order chi connectivity index (χ0) is 16.8. The monoisotopic (exact) mass is 390 g/mol. The van der Waals surface area contributed by atoms with Gasteiger partial charge in [0.2, 0.25) is 0 Å². The van der Waals surface area contributed by atoms with Crippen molar-refractivity contribution < 1.29 is 4.79 Å². The minimum atomic E-state index is 0. The molecule has 2 heterocycles. The van der Waals surface area contributed by atoms with Crippen molar-refractivity contribution in [2.45, 2.75) is 46.1 Å². The number of aromatic nitrogens is 1. The summed E-state index contributed by atoms with van der Waals surface area (Å²) in [5.41, 5.74) is 6.68. The van der Waals surface area contributed by atoms with Gasteiger partial charge in [-0.15, -0.1) is 24.8 Å². The molecule has 1 saturated heterocycles. The van der Waals surface area contributed by atoms with Crippen LogP contribution in [0.4, 0.5) is 5.82 Å². The number of carbonyl (C=O) groups is 1. The second-order valence-corrected chi connectivity index (χ2v) is 6.50. The van der Waals surface area contributed by atoms with E-state index in [-0.39, 0.29) is 36.8 Å². The Morgan fingerprint density at radius 3 is 2.64 bits per heavy atom. The summed E-state index contributed by atoms with van der Waals surface area (Å²) in [4.78, 5) is 21.3. The predicted molar refractivity (Wildman–Crippen MR) is 109 cm³/mol. The van der Waals surface area contributed by atoms with Crippen molar-refractivity contribution in [3.8, 4) is 0 Å². The third-order valence-electron chi connectivity index (χ3n) is 4.68. The number of hydrogen-bond donors (Lipinski definition) is 1. The summed E-state index contributed by atoms with van der Waals surface area (Å²) in [5, 5.41) is 0. The van der Waals surface area contributed by atoms with Crippen LogP contribution in [0.2, 0.25) is 0 Å². The molecule has 1 amide bonds. The second kappa shape index (κ2) is 11.6. The van der Waals surface area contributed by atoms with Gasteiger partial charge in [0, 0.05) is 38.4 Å². The number of hydrogen-bond acceptors (Lipinski definition) is 4. The van der Waals surface area contributed by atoms with Gasteiger partial charge in [-0.3, -0.25) is 4.79 Å². The van der Waals surface area contributed by atoms with Crippen molar-refractivity contribution in [3.05, 3.63) is 23.9 Å². The fourth-order valence-corrected chi connectivity index (χ4v) is 3.21. The van der Waals surface area contributed by atoms with Crippen LogP contribution >= 0.6 is 24.8 Å². The molecule has 2 unspecified atom stereocenters. The molecule has 2 rings (SSSR count). The molecule has 0 radical (unpaired) electrons. The van der Waals surface area contributed by atoms with E-state index < -0.39 is 0 Å². The van der Waals surface area contributed by atoms with Crippen LogP contribution in [0.15, 0.2) is 18.3 Å². The Balaban J connectivity index is 0.00000288. The fraction of sp³-hybridized carbons (Fsp3) is 0.667. The number of piperidine rings is 1. The highest BCUT2D eigenvalue weighted by atomic mass is 35.5. The second-order valence-electron chi connectivity index (χ2n) is 6.50. The van der Waals surface area contributed by atoms with Crippen LogP contribution in [0.1, 0.15) is 50.4 Å². The first-order valence-electron chi connectivity index (χ1n) is 8.82. The van der Waals surface area contributed by atoms with Crippen LogP contribution in [0.25, 0.3) is 0 Å². The molecule has 0 saturated carbocycles. The topological polar surface area (TPSA) is 62.5 Å². The van der Waals surface area contributed by atoms with E-state index in [0.717, 1.165) is 51.3 Å². The number of anilines is 1. The van der Waals surface area contributed by atoms with E-state index in [1.165, 1.54) is 0 Å². The lowest BCUT2D eigenvalue weighted by Crippen LogP contribution is -2.45. The van der Waals surface area contributed by atoms with Gasteiger partial charge in [0.25, 0.3) is 5.91 Å². The fourth-order valence-electron chi connectivity index (χ4n) is 3.21. The normalized spacial score (nSPS) is 17.9. The van der Waals surface area contributed by atoms with Gasteiger partial charge >= 0.3 is 0 Å². The van der Waals surface area contributed by atoms with E-state index in [0.29, 0.717) is 11.5 Å². The highest BCUT2D eigenvalue weighted by Crippen LogP contribution is 2.21. The summed E-state index contributed by atoms with van der Waals surface area (Å²) in [5.74, 6) is 1.42. The van der Waals surface area contributed by atoms with Crippen LogP contribution in [0.3, 0.4) is 0 Å². The van der Waals surface area contributed by atoms with E-state index in [2.05, 4.69) is 23.7 Å². The lowest BCUT2D eigenvalue weighted by Gasteiger charge is -2.34. The molecule has 7 heteroatoms. The number of pyridine rings is 1. The van der Waals surface area contributed by atoms with Gasteiger partial charge in [0.1, 0.15) is 5.82 Å². The predicted octanol–water partition coefficient (Wildman–Crippen LogP) is 3.36. The van der Waals surface area contributed by atoms with Crippen molar-refractivity contribution in [2.24, 2.45) is 11.7 Å². The van der Waals surface area contributed by atoms with E-state index in [1.54, 1.807) is 6.20 Å². The van der Waals surface area contributed by atoms with Gasteiger partial charge in [-0.05, 0) is 51.2 Å². The van der Waals surface area contributed by atoms with Crippen molar-refractivity contribution in [2.75, 3.05) is 31.1 Å². The SMILES string of the molecule is CCCN(CC)c1ccc(C(=O)N2CCCC(C(C)N)C2)cn1.Cl.Cl. The van der Waals surface area contributed by atoms with Crippen LogP contribution in [0, 0.1) is 5.92 Å². The highest BCUT2D eigenvalue weighted by molar-refractivity contribution is 5.94. The molecule has 5 nitrogen and oxygen atoms in total. The molecule has 1 aromatic rings. The largest absolute Gasteiger partial charge is 0.357 e. The Bertz CT molecular complexity index is 510. The molecule has 2 N–H and O–H groups in total. The van der Waals surface area contributed by atoms with Crippen LogP contribution in [0.5, 0.6) is 0 Å². The number of halogens is 2. The molecule has 25 heavy (non-hydrogen) atoms. The zero-order valence-electron chi connectivity index (χ0n) is 15.5. The summed E-state index contributed by atoms with van der Waals surface area (Å²) in [7, 11) is 0. The number of carbonyl (C=O) groups excluding carboxylic acids is 1. The minimum absolute atomic E-state index is 0. The maximum atomic E-state index is 12.7. The Labute approximate surface area is 164 Å². The molecule has 1 aliphatic rings. The molecular weight excluding hydrogens is 359 g/mol. The summed E-state index contributed by atoms with van der Waals surface area (Å²) < 4.78 is 0. The number of nitrogens with two attached hydrogens (primary N) is 1.